The lowest BCUT2D eigenvalue weighted by Crippen LogP contribution is -2.16. The fourth-order valence-corrected chi connectivity index (χ4v) is 1.83. The number of hydrogen-bond donors (Lipinski definition) is 1. The van der Waals surface area contributed by atoms with Crippen molar-refractivity contribution >= 4 is 0 Å². The maximum Gasteiger partial charge on any atom is 0.573 e. The summed E-state index contributed by atoms with van der Waals surface area (Å²) in [5, 5.41) is 0. The normalized spacial score (nSPS) is 13.1. The Balaban J connectivity index is 2.17. The molecule has 2 N–H and O–H groups in total. The SMILES string of the molecule is CC(N)c1ccc(-c2ccc(OC(F)(F)F)cc2)cc1. The number of halogens is 3. The van der Waals surface area contributed by atoms with Gasteiger partial charge in [-0.25, -0.2) is 0 Å². The monoisotopic (exact) mass is 281 g/mol. The van der Waals surface area contributed by atoms with Crippen molar-refractivity contribution in [1.82, 2.24) is 0 Å². The molecule has 0 radical (unpaired) electrons. The Hall–Kier alpha value is -2.01. The number of alkyl halides is 3. The van der Waals surface area contributed by atoms with Crippen LogP contribution in [0.4, 0.5) is 13.2 Å². The number of benzene rings is 2. The molecule has 0 aliphatic rings. The molecule has 0 saturated carbocycles. The van der Waals surface area contributed by atoms with E-state index in [1.165, 1.54) is 12.1 Å². The van der Waals surface area contributed by atoms with E-state index in [0.29, 0.717) is 0 Å². The minimum Gasteiger partial charge on any atom is -0.406 e. The molecule has 5 heteroatoms. The van der Waals surface area contributed by atoms with Crippen molar-refractivity contribution in [1.29, 1.82) is 0 Å². The molecule has 0 fully saturated rings. The summed E-state index contributed by atoms with van der Waals surface area (Å²) in [6.45, 7) is 1.89. The van der Waals surface area contributed by atoms with Crippen LogP contribution < -0.4 is 10.5 Å². The standard InChI is InChI=1S/C15H14F3NO/c1-10(19)11-2-4-12(5-3-11)13-6-8-14(9-7-13)20-15(16,17)18/h2-10H,19H2,1H3. The van der Waals surface area contributed by atoms with Crippen LogP contribution in [0.1, 0.15) is 18.5 Å². The van der Waals surface area contributed by atoms with Gasteiger partial charge in [0.05, 0.1) is 0 Å². The molecule has 0 aromatic heterocycles. The van der Waals surface area contributed by atoms with Gasteiger partial charge in [-0.2, -0.15) is 0 Å². The molecular weight excluding hydrogens is 267 g/mol. The average molecular weight is 281 g/mol. The van der Waals surface area contributed by atoms with Crippen molar-refractivity contribution in [3.05, 3.63) is 54.1 Å². The van der Waals surface area contributed by atoms with E-state index >= 15 is 0 Å². The molecule has 0 aliphatic heterocycles. The second-order valence-corrected chi connectivity index (χ2v) is 4.48. The van der Waals surface area contributed by atoms with Crippen molar-refractivity contribution in [2.75, 3.05) is 0 Å². The van der Waals surface area contributed by atoms with E-state index in [9.17, 15) is 13.2 Å². The average Bonchev–Trinajstić information content (AvgIpc) is 2.38. The summed E-state index contributed by atoms with van der Waals surface area (Å²) in [6, 6.07) is 13.3. The molecule has 2 rings (SSSR count). The van der Waals surface area contributed by atoms with Crippen LogP contribution in [-0.2, 0) is 0 Å². The van der Waals surface area contributed by atoms with Crippen LogP contribution in [0.25, 0.3) is 11.1 Å². The minimum absolute atomic E-state index is 0.0494. The molecule has 0 aliphatic carbocycles. The molecule has 106 valence electrons. The third kappa shape index (κ3) is 3.74. The van der Waals surface area contributed by atoms with E-state index in [-0.39, 0.29) is 11.8 Å². The van der Waals surface area contributed by atoms with Crippen LogP contribution in [-0.4, -0.2) is 6.36 Å². The van der Waals surface area contributed by atoms with Crippen LogP contribution in [0, 0.1) is 0 Å². The molecule has 0 bridgehead atoms. The highest BCUT2D eigenvalue weighted by atomic mass is 19.4. The molecule has 1 atom stereocenters. The zero-order valence-corrected chi connectivity index (χ0v) is 10.8. The molecule has 20 heavy (non-hydrogen) atoms. The van der Waals surface area contributed by atoms with Gasteiger partial charge in [0.25, 0.3) is 0 Å². The molecular formula is C15H14F3NO. The first-order chi connectivity index (χ1) is 9.35. The summed E-state index contributed by atoms with van der Waals surface area (Å²) in [4.78, 5) is 0. The maximum atomic E-state index is 12.1. The zero-order chi connectivity index (χ0) is 14.8. The van der Waals surface area contributed by atoms with Crippen molar-refractivity contribution in [2.45, 2.75) is 19.3 Å². The number of rotatable bonds is 3. The second kappa shape index (κ2) is 5.54. The quantitative estimate of drug-likeness (QED) is 0.911. The predicted molar refractivity (Wildman–Crippen MR) is 71.2 cm³/mol. The maximum absolute atomic E-state index is 12.1. The van der Waals surface area contributed by atoms with E-state index in [1.807, 2.05) is 31.2 Å². The number of hydrogen-bond acceptors (Lipinski definition) is 2. The van der Waals surface area contributed by atoms with Gasteiger partial charge in [-0.05, 0) is 35.7 Å². The van der Waals surface area contributed by atoms with Gasteiger partial charge in [0, 0.05) is 6.04 Å². The van der Waals surface area contributed by atoms with Crippen molar-refractivity contribution in [3.63, 3.8) is 0 Å². The third-order valence-corrected chi connectivity index (χ3v) is 2.86. The number of nitrogens with two attached hydrogens (primary N) is 1. The molecule has 0 heterocycles. The van der Waals surface area contributed by atoms with Crippen molar-refractivity contribution in [3.8, 4) is 16.9 Å². The van der Waals surface area contributed by atoms with Crippen LogP contribution in [0.2, 0.25) is 0 Å². The van der Waals surface area contributed by atoms with Crippen LogP contribution in [0.15, 0.2) is 48.5 Å². The summed E-state index contributed by atoms with van der Waals surface area (Å²) in [5.41, 5.74) is 8.49. The Kier molecular flexibility index (Phi) is 3.99. The summed E-state index contributed by atoms with van der Waals surface area (Å²) >= 11 is 0. The number of ether oxygens (including phenoxy) is 1. The van der Waals surface area contributed by atoms with Crippen molar-refractivity contribution < 1.29 is 17.9 Å². The van der Waals surface area contributed by atoms with Crippen LogP contribution >= 0.6 is 0 Å². The summed E-state index contributed by atoms with van der Waals surface area (Å²) in [5.74, 6) is -0.228. The Morgan fingerprint density at radius 1 is 0.900 bits per heavy atom. The molecule has 1 unspecified atom stereocenters. The lowest BCUT2D eigenvalue weighted by Gasteiger charge is -2.10. The lowest BCUT2D eigenvalue weighted by molar-refractivity contribution is -0.274. The van der Waals surface area contributed by atoms with Gasteiger partial charge in [-0.3, -0.25) is 0 Å². The summed E-state index contributed by atoms with van der Waals surface area (Å²) in [7, 11) is 0. The molecule has 0 spiro atoms. The first-order valence-corrected chi connectivity index (χ1v) is 6.07. The fraction of sp³-hybridized carbons (Fsp3) is 0.200. The van der Waals surface area contributed by atoms with E-state index in [0.717, 1.165) is 16.7 Å². The Morgan fingerprint density at radius 2 is 1.35 bits per heavy atom. The van der Waals surface area contributed by atoms with E-state index < -0.39 is 6.36 Å². The largest absolute Gasteiger partial charge is 0.573 e. The summed E-state index contributed by atoms with van der Waals surface area (Å²) in [6.07, 6.45) is -4.67. The molecule has 0 amide bonds. The fourth-order valence-electron chi connectivity index (χ4n) is 1.83. The minimum atomic E-state index is -4.67. The topological polar surface area (TPSA) is 35.2 Å². The van der Waals surface area contributed by atoms with Crippen molar-refractivity contribution in [2.24, 2.45) is 5.73 Å². The predicted octanol–water partition coefficient (Wildman–Crippen LogP) is 4.27. The molecule has 2 aromatic rings. The zero-order valence-electron chi connectivity index (χ0n) is 10.8. The molecule has 0 saturated heterocycles. The smallest absolute Gasteiger partial charge is 0.406 e. The lowest BCUT2D eigenvalue weighted by atomic mass is 10.0. The Labute approximate surface area is 115 Å². The van der Waals surface area contributed by atoms with Gasteiger partial charge >= 0.3 is 6.36 Å². The highest BCUT2D eigenvalue weighted by molar-refractivity contribution is 5.64. The highest BCUT2D eigenvalue weighted by Gasteiger charge is 2.30. The Bertz CT molecular complexity index is 559. The summed E-state index contributed by atoms with van der Waals surface area (Å²) < 4.78 is 40.0. The van der Waals surface area contributed by atoms with Crippen LogP contribution in [0.3, 0.4) is 0 Å². The third-order valence-electron chi connectivity index (χ3n) is 2.86. The highest BCUT2D eigenvalue weighted by Crippen LogP contribution is 2.27. The van der Waals surface area contributed by atoms with E-state index in [2.05, 4.69) is 4.74 Å². The van der Waals surface area contributed by atoms with Gasteiger partial charge < -0.3 is 10.5 Å². The van der Waals surface area contributed by atoms with Gasteiger partial charge in [-0.1, -0.05) is 36.4 Å². The molecule has 2 aromatic carbocycles. The van der Waals surface area contributed by atoms with Crippen LogP contribution in [0.5, 0.6) is 5.75 Å². The van der Waals surface area contributed by atoms with Gasteiger partial charge in [0.1, 0.15) is 5.75 Å². The van der Waals surface area contributed by atoms with E-state index in [4.69, 9.17) is 5.73 Å². The van der Waals surface area contributed by atoms with Gasteiger partial charge in [0.15, 0.2) is 0 Å². The van der Waals surface area contributed by atoms with E-state index in [1.54, 1.807) is 12.1 Å². The first kappa shape index (κ1) is 14.4. The molecule has 2 nitrogen and oxygen atoms in total. The first-order valence-electron chi connectivity index (χ1n) is 6.07. The van der Waals surface area contributed by atoms with Gasteiger partial charge in [-0.15, -0.1) is 13.2 Å². The van der Waals surface area contributed by atoms with Gasteiger partial charge in [0.2, 0.25) is 0 Å². The Morgan fingerprint density at radius 3 is 1.75 bits per heavy atom. The second-order valence-electron chi connectivity index (χ2n) is 4.48.